The molecule has 2 atom stereocenters. The van der Waals surface area contributed by atoms with E-state index in [1.807, 2.05) is 18.0 Å². The lowest BCUT2D eigenvalue weighted by Crippen LogP contribution is -2.49. The quantitative estimate of drug-likeness (QED) is 0.172. The summed E-state index contributed by atoms with van der Waals surface area (Å²) in [6, 6.07) is 9.68. The maximum atomic E-state index is 14.5. The molecule has 1 saturated heterocycles. The zero-order valence-corrected chi connectivity index (χ0v) is 24.8. The minimum absolute atomic E-state index is 0.0556. The van der Waals surface area contributed by atoms with E-state index >= 15 is 0 Å². The van der Waals surface area contributed by atoms with Crippen molar-refractivity contribution in [2.45, 2.75) is 37.8 Å². The van der Waals surface area contributed by atoms with Crippen LogP contribution in [-0.4, -0.2) is 70.2 Å². The smallest absolute Gasteiger partial charge is 0.393 e. The highest BCUT2D eigenvalue weighted by atomic mass is 32.1. The number of benzene rings is 2. The average molecular weight is 614 g/mol. The zero-order valence-electron chi connectivity index (χ0n) is 23.1. The van der Waals surface area contributed by atoms with Crippen LogP contribution in [0.15, 0.2) is 36.4 Å². The lowest BCUT2D eigenvalue weighted by Gasteiger charge is -2.32. The summed E-state index contributed by atoms with van der Waals surface area (Å²) in [6.07, 6.45) is -5.91. The summed E-state index contributed by atoms with van der Waals surface area (Å²) in [4.78, 5) is 2.24. The van der Waals surface area contributed by atoms with E-state index in [0.717, 1.165) is 12.1 Å². The number of nitrogens with zero attached hydrogens (tertiary/aromatic N) is 1. The maximum Gasteiger partial charge on any atom is 0.393 e. The van der Waals surface area contributed by atoms with E-state index in [2.05, 4.69) is 22.5 Å². The summed E-state index contributed by atoms with van der Waals surface area (Å²) < 4.78 is 86.2. The van der Waals surface area contributed by atoms with E-state index in [1.54, 1.807) is 37.6 Å². The van der Waals surface area contributed by atoms with Crippen LogP contribution in [0.3, 0.4) is 0 Å². The van der Waals surface area contributed by atoms with Gasteiger partial charge in [0.2, 0.25) is 6.86 Å². The number of hydrogen-bond donors (Lipinski definition) is 2. The van der Waals surface area contributed by atoms with Gasteiger partial charge in [0.05, 0.1) is 23.5 Å². The van der Waals surface area contributed by atoms with Gasteiger partial charge in [-0.3, -0.25) is 0 Å². The van der Waals surface area contributed by atoms with Crippen molar-refractivity contribution in [3.05, 3.63) is 52.4 Å². The topological polar surface area (TPSA) is 53.6 Å². The Labute approximate surface area is 240 Å². The molecular weight excluding hydrogens is 580 g/mol. The number of hydrogen-bond acceptors (Lipinski definition) is 6. The number of anilines is 1. The summed E-state index contributed by atoms with van der Waals surface area (Å²) in [5.41, 5.74) is 1.34. The third-order valence-electron chi connectivity index (χ3n) is 6.94. The van der Waals surface area contributed by atoms with E-state index in [1.165, 1.54) is 17.4 Å². The van der Waals surface area contributed by atoms with Gasteiger partial charge in [0, 0.05) is 29.1 Å². The third kappa shape index (κ3) is 8.23. The summed E-state index contributed by atoms with van der Waals surface area (Å²) >= 11 is 1.19. The van der Waals surface area contributed by atoms with E-state index in [9.17, 15) is 26.5 Å². The molecule has 1 aliphatic heterocycles. The molecule has 0 unspecified atom stereocenters. The Morgan fingerprint density at radius 2 is 2.00 bits per heavy atom. The molecule has 2 aromatic carbocycles. The number of ether oxygens (including phenoxy) is 1. The molecule has 41 heavy (non-hydrogen) atoms. The molecular formula is C29H33F5N3O2PS. The van der Waals surface area contributed by atoms with E-state index in [4.69, 9.17) is 4.74 Å². The highest BCUT2D eigenvalue weighted by Crippen LogP contribution is 2.38. The molecule has 1 aromatic heterocycles. The van der Waals surface area contributed by atoms with Crippen molar-refractivity contribution in [3.8, 4) is 17.6 Å². The molecule has 0 bridgehead atoms. The van der Waals surface area contributed by atoms with Crippen molar-refractivity contribution in [1.82, 2.24) is 10.2 Å². The second kappa shape index (κ2) is 13.1. The predicted octanol–water partition coefficient (Wildman–Crippen LogP) is 6.16. The van der Waals surface area contributed by atoms with Gasteiger partial charge in [-0.15, -0.1) is 11.3 Å². The van der Waals surface area contributed by atoms with Gasteiger partial charge in [0.25, 0.3) is 0 Å². The number of alkyl halides is 5. The van der Waals surface area contributed by atoms with Crippen molar-refractivity contribution in [1.29, 1.82) is 0 Å². The van der Waals surface area contributed by atoms with Crippen molar-refractivity contribution in [3.63, 3.8) is 0 Å². The Bertz CT molecular complexity index is 1480. The van der Waals surface area contributed by atoms with Crippen LogP contribution in [0.5, 0.6) is 5.75 Å². The summed E-state index contributed by atoms with van der Waals surface area (Å²) in [6.45, 7) is 3.62. The average Bonchev–Trinajstić information content (AvgIpc) is 3.22. The van der Waals surface area contributed by atoms with Gasteiger partial charge in [-0.25, -0.2) is 8.78 Å². The lowest BCUT2D eigenvalue weighted by atomic mass is 10.0. The Morgan fingerprint density at radius 3 is 2.68 bits per heavy atom. The number of piperidine rings is 1. The van der Waals surface area contributed by atoms with Crippen LogP contribution in [0, 0.1) is 11.8 Å². The Kier molecular flexibility index (Phi) is 10.0. The van der Waals surface area contributed by atoms with Gasteiger partial charge in [0.1, 0.15) is 19.1 Å². The van der Waals surface area contributed by atoms with Gasteiger partial charge in [-0.2, -0.15) is 13.2 Å². The highest BCUT2D eigenvalue weighted by molar-refractivity contribution is 7.70. The fourth-order valence-electron chi connectivity index (χ4n) is 4.81. The second-order valence-corrected chi connectivity index (χ2v) is 14.7. The highest BCUT2D eigenvalue weighted by Gasteiger charge is 2.31. The zero-order chi connectivity index (χ0) is 29.8. The molecule has 4 rings (SSSR count). The largest absolute Gasteiger partial charge is 0.461 e. The number of nitrogens with one attached hydrogen (secondary N) is 2. The molecule has 0 saturated carbocycles. The number of likely N-dealkylation sites (tertiary alicyclic amines) is 1. The van der Waals surface area contributed by atoms with E-state index in [-0.39, 0.29) is 23.9 Å². The third-order valence-corrected chi connectivity index (χ3v) is 9.70. The molecule has 0 radical (unpaired) electrons. The standard InChI is InChI=1S/C29H33F5N3O2PS/c1-37-13-11-24(23(31)17-37)36-16-19-6-4-7-21-22(15-29(32,33)34)27(41-28(19)21)8-5-12-35-25-10-9-20(40(2,3)38)14-26(25)39-18-30/h4,6-7,9-10,14,23-24,35-36H,11-13,15-18H2,1-3H3/t23-,24+/m1/s1. The van der Waals surface area contributed by atoms with Crippen LogP contribution >= 0.6 is 18.5 Å². The van der Waals surface area contributed by atoms with Crippen molar-refractivity contribution < 1.29 is 31.3 Å². The van der Waals surface area contributed by atoms with Gasteiger partial charge in [-0.05, 0) is 68.1 Å². The van der Waals surface area contributed by atoms with Crippen molar-refractivity contribution >= 4 is 39.6 Å². The molecule has 0 aliphatic carbocycles. The molecule has 2 N–H and O–H groups in total. The molecule has 222 valence electrons. The summed E-state index contributed by atoms with van der Waals surface area (Å²) in [7, 11) is -0.721. The van der Waals surface area contributed by atoms with Crippen molar-refractivity contribution in [2.75, 3.05) is 52.2 Å². The number of halogens is 5. The Hall–Kier alpha value is -2.64. The van der Waals surface area contributed by atoms with Crippen LogP contribution in [0.4, 0.5) is 27.6 Å². The number of thiophene rings is 1. The summed E-state index contributed by atoms with van der Waals surface area (Å²) in [5, 5.41) is 7.28. The predicted molar refractivity (Wildman–Crippen MR) is 157 cm³/mol. The van der Waals surface area contributed by atoms with Crippen molar-refractivity contribution in [2.24, 2.45) is 0 Å². The monoisotopic (exact) mass is 613 g/mol. The molecule has 1 aliphatic rings. The first-order valence-electron chi connectivity index (χ1n) is 13.1. The van der Waals surface area contributed by atoms with Crippen LogP contribution in [-0.2, 0) is 17.5 Å². The van der Waals surface area contributed by atoms with Gasteiger partial charge in [-0.1, -0.05) is 30.0 Å². The fourth-order valence-corrected chi connectivity index (χ4v) is 6.87. The minimum atomic E-state index is -4.43. The van der Waals surface area contributed by atoms with E-state index in [0.29, 0.717) is 45.5 Å². The van der Waals surface area contributed by atoms with Crippen LogP contribution in [0.1, 0.15) is 22.4 Å². The fraction of sp³-hybridized carbons (Fsp3) is 0.448. The molecule has 3 aromatic rings. The lowest BCUT2D eigenvalue weighted by molar-refractivity contribution is -0.126. The molecule has 12 heteroatoms. The molecule has 0 spiro atoms. The second-order valence-electron chi connectivity index (χ2n) is 10.5. The van der Waals surface area contributed by atoms with E-state index < -0.39 is 32.8 Å². The van der Waals surface area contributed by atoms with Crippen LogP contribution < -0.4 is 20.7 Å². The normalized spacial score (nSPS) is 18.2. The maximum absolute atomic E-state index is 14.5. The SMILES string of the molecule is CN1CC[C@H](NCc2cccc3c(CC(F)(F)F)c(C#CCNc4ccc(P(C)(C)=O)cc4OCF)sc23)[C@H](F)C1. The van der Waals surface area contributed by atoms with Crippen LogP contribution in [0.25, 0.3) is 10.1 Å². The molecule has 0 amide bonds. The Balaban J connectivity index is 1.57. The minimum Gasteiger partial charge on any atom is -0.461 e. The molecule has 2 heterocycles. The van der Waals surface area contributed by atoms with Gasteiger partial charge >= 0.3 is 6.18 Å². The Morgan fingerprint density at radius 1 is 1.22 bits per heavy atom. The van der Waals surface area contributed by atoms with Gasteiger partial charge < -0.3 is 24.8 Å². The molecule has 1 fully saturated rings. The van der Waals surface area contributed by atoms with Crippen LogP contribution in [0.2, 0.25) is 0 Å². The number of fused-ring (bicyclic) bond motifs is 1. The number of rotatable bonds is 9. The molecule has 5 nitrogen and oxygen atoms in total. The first-order chi connectivity index (χ1) is 19.4. The first-order valence-corrected chi connectivity index (χ1v) is 16.5. The summed E-state index contributed by atoms with van der Waals surface area (Å²) in [5.74, 6) is 5.93. The first kappa shape index (κ1) is 31.3. The van der Waals surface area contributed by atoms with Gasteiger partial charge in [0.15, 0.2) is 0 Å².